The second-order valence-corrected chi connectivity index (χ2v) is 6.60. The van der Waals surface area contributed by atoms with Gasteiger partial charge in [0.05, 0.1) is 5.69 Å². The summed E-state index contributed by atoms with van der Waals surface area (Å²) in [7, 11) is 0. The highest BCUT2D eigenvalue weighted by atomic mass is 16.4. The third kappa shape index (κ3) is 4.03. The number of nitrogens with zero attached hydrogens (tertiary/aromatic N) is 3. The number of hydrogen-bond donors (Lipinski definition) is 2. The first-order valence-corrected chi connectivity index (χ1v) is 7.02. The summed E-state index contributed by atoms with van der Waals surface area (Å²) in [4.78, 5) is 23.4. The Labute approximate surface area is 124 Å². The standard InChI is InChI=1S/C14H24N4O3/c1-8(2)7-15-12(19)9(3)18-11(14(4,5)6)10(13(20)21)16-17-18/h8-9H,7H2,1-6H3,(H,15,19)(H,20,21). The number of carboxylic acid groups (broad SMARTS) is 1. The van der Waals surface area contributed by atoms with Crippen LogP contribution in [0.2, 0.25) is 0 Å². The van der Waals surface area contributed by atoms with Crippen molar-refractivity contribution in [3.8, 4) is 0 Å². The Balaban J connectivity index is 3.13. The summed E-state index contributed by atoms with van der Waals surface area (Å²) in [6.07, 6.45) is 0. The van der Waals surface area contributed by atoms with E-state index in [1.165, 1.54) is 4.68 Å². The van der Waals surface area contributed by atoms with Crippen LogP contribution in [0.4, 0.5) is 0 Å². The van der Waals surface area contributed by atoms with Gasteiger partial charge in [-0.3, -0.25) is 4.79 Å². The number of nitrogens with one attached hydrogen (secondary N) is 1. The van der Waals surface area contributed by atoms with Crippen LogP contribution in [0.15, 0.2) is 0 Å². The summed E-state index contributed by atoms with van der Waals surface area (Å²) in [5, 5.41) is 19.6. The zero-order valence-electron chi connectivity index (χ0n) is 13.5. The van der Waals surface area contributed by atoms with E-state index in [-0.39, 0.29) is 11.6 Å². The van der Waals surface area contributed by atoms with Crippen molar-refractivity contribution in [3.63, 3.8) is 0 Å². The third-order valence-corrected chi connectivity index (χ3v) is 3.04. The predicted molar refractivity (Wildman–Crippen MR) is 78.2 cm³/mol. The van der Waals surface area contributed by atoms with Gasteiger partial charge in [0.1, 0.15) is 6.04 Å². The molecule has 1 aromatic rings. The lowest BCUT2D eigenvalue weighted by atomic mass is 9.90. The second-order valence-electron chi connectivity index (χ2n) is 6.60. The zero-order valence-corrected chi connectivity index (χ0v) is 13.5. The molecule has 1 heterocycles. The number of hydrogen-bond acceptors (Lipinski definition) is 4. The SMILES string of the molecule is CC(C)CNC(=O)C(C)n1nnc(C(=O)O)c1C(C)(C)C. The van der Waals surface area contributed by atoms with E-state index in [1.54, 1.807) is 6.92 Å². The van der Waals surface area contributed by atoms with Crippen molar-refractivity contribution in [2.45, 2.75) is 53.0 Å². The number of carbonyl (C=O) groups is 2. The molecule has 0 spiro atoms. The van der Waals surface area contributed by atoms with Crippen molar-refractivity contribution >= 4 is 11.9 Å². The van der Waals surface area contributed by atoms with Crippen molar-refractivity contribution in [3.05, 3.63) is 11.4 Å². The van der Waals surface area contributed by atoms with Crippen molar-refractivity contribution < 1.29 is 14.7 Å². The Morgan fingerprint density at radius 3 is 2.29 bits per heavy atom. The van der Waals surface area contributed by atoms with E-state index in [1.807, 2.05) is 34.6 Å². The van der Waals surface area contributed by atoms with Crippen molar-refractivity contribution in [1.82, 2.24) is 20.3 Å². The van der Waals surface area contributed by atoms with Crippen LogP contribution in [0, 0.1) is 5.92 Å². The molecule has 2 N–H and O–H groups in total. The van der Waals surface area contributed by atoms with Crippen LogP contribution in [-0.4, -0.2) is 38.5 Å². The van der Waals surface area contributed by atoms with E-state index in [0.29, 0.717) is 18.2 Å². The molecular formula is C14H24N4O3. The maximum atomic E-state index is 12.2. The van der Waals surface area contributed by atoms with Gasteiger partial charge in [-0.1, -0.05) is 39.8 Å². The predicted octanol–water partition coefficient (Wildman–Crippen LogP) is 1.61. The molecule has 0 radical (unpaired) electrons. The van der Waals surface area contributed by atoms with Crippen LogP contribution < -0.4 is 5.32 Å². The summed E-state index contributed by atoms with van der Waals surface area (Å²) >= 11 is 0. The average molecular weight is 296 g/mol. The molecule has 21 heavy (non-hydrogen) atoms. The van der Waals surface area contributed by atoms with Gasteiger partial charge in [0, 0.05) is 12.0 Å². The Bertz CT molecular complexity index is 529. The molecule has 7 heteroatoms. The highest BCUT2D eigenvalue weighted by Crippen LogP contribution is 2.27. The highest BCUT2D eigenvalue weighted by molar-refractivity contribution is 5.87. The van der Waals surface area contributed by atoms with Crippen molar-refractivity contribution in [1.29, 1.82) is 0 Å². The van der Waals surface area contributed by atoms with Crippen LogP contribution in [0.5, 0.6) is 0 Å². The largest absolute Gasteiger partial charge is 0.476 e. The van der Waals surface area contributed by atoms with Gasteiger partial charge in [-0.25, -0.2) is 9.48 Å². The molecule has 1 amide bonds. The van der Waals surface area contributed by atoms with Gasteiger partial charge in [0.15, 0.2) is 5.69 Å². The quantitative estimate of drug-likeness (QED) is 0.860. The molecule has 0 fully saturated rings. The molecule has 0 saturated carbocycles. The van der Waals surface area contributed by atoms with E-state index in [4.69, 9.17) is 0 Å². The number of aromatic carboxylic acids is 1. The molecule has 7 nitrogen and oxygen atoms in total. The molecule has 0 bridgehead atoms. The number of aromatic nitrogens is 3. The van der Waals surface area contributed by atoms with Gasteiger partial charge < -0.3 is 10.4 Å². The van der Waals surface area contributed by atoms with Crippen molar-refractivity contribution in [2.75, 3.05) is 6.54 Å². The minimum atomic E-state index is -1.14. The molecule has 1 unspecified atom stereocenters. The monoisotopic (exact) mass is 296 g/mol. The van der Waals surface area contributed by atoms with Crippen LogP contribution >= 0.6 is 0 Å². The summed E-state index contributed by atoms with van der Waals surface area (Å²) in [6, 6.07) is -0.612. The summed E-state index contributed by atoms with van der Waals surface area (Å²) in [6.45, 7) is 11.9. The highest BCUT2D eigenvalue weighted by Gasteiger charge is 2.32. The number of carbonyl (C=O) groups excluding carboxylic acids is 1. The molecule has 0 aromatic carbocycles. The maximum Gasteiger partial charge on any atom is 0.358 e. The van der Waals surface area contributed by atoms with Gasteiger partial charge in [-0.15, -0.1) is 5.10 Å². The van der Waals surface area contributed by atoms with Gasteiger partial charge in [-0.2, -0.15) is 0 Å². The Morgan fingerprint density at radius 2 is 1.86 bits per heavy atom. The van der Waals surface area contributed by atoms with E-state index >= 15 is 0 Å². The fourth-order valence-electron chi connectivity index (χ4n) is 1.97. The first kappa shape index (κ1) is 17.1. The topological polar surface area (TPSA) is 97.1 Å². The first-order chi connectivity index (χ1) is 9.55. The second kappa shape index (κ2) is 6.24. The molecule has 0 aliphatic rings. The van der Waals surface area contributed by atoms with E-state index in [0.717, 1.165) is 0 Å². The minimum absolute atomic E-state index is 0.106. The minimum Gasteiger partial charge on any atom is -0.476 e. The molecular weight excluding hydrogens is 272 g/mol. The normalized spacial score (nSPS) is 13.3. The maximum absolute atomic E-state index is 12.2. The molecule has 1 aromatic heterocycles. The van der Waals surface area contributed by atoms with Crippen molar-refractivity contribution in [2.24, 2.45) is 5.92 Å². The van der Waals surface area contributed by atoms with E-state index in [9.17, 15) is 14.7 Å². The average Bonchev–Trinajstić information content (AvgIpc) is 2.79. The molecule has 118 valence electrons. The van der Waals surface area contributed by atoms with Gasteiger partial charge in [0.2, 0.25) is 5.91 Å². The van der Waals surface area contributed by atoms with Crippen LogP contribution in [0.25, 0.3) is 0 Å². The smallest absolute Gasteiger partial charge is 0.358 e. The fourth-order valence-corrected chi connectivity index (χ4v) is 1.97. The lowest BCUT2D eigenvalue weighted by Crippen LogP contribution is -2.36. The Morgan fingerprint density at radius 1 is 1.29 bits per heavy atom. The summed E-state index contributed by atoms with van der Waals surface area (Å²) in [5.74, 6) is -0.995. The molecule has 1 atom stereocenters. The van der Waals surface area contributed by atoms with E-state index < -0.39 is 17.4 Å². The fraction of sp³-hybridized carbons (Fsp3) is 0.714. The Hall–Kier alpha value is -1.92. The van der Waals surface area contributed by atoms with Gasteiger partial charge in [0.25, 0.3) is 0 Å². The van der Waals surface area contributed by atoms with Crippen LogP contribution in [0.3, 0.4) is 0 Å². The molecule has 1 rings (SSSR count). The Kier molecular flexibility index (Phi) is 5.09. The molecule has 0 aliphatic heterocycles. The number of carboxylic acids is 1. The zero-order chi connectivity index (χ0) is 16.4. The number of rotatable bonds is 5. The van der Waals surface area contributed by atoms with Gasteiger partial charge in [-0.05, 0) is 12.8 Å². The number of amides is 1. The molecule has 0 saturated heterocycles. The van der Waals surface area contributed by atoms with Crippen LogP contribution in [0.1, 0.15) is 63.8 Å². The van der Waals surface area contributed by atoms with Crippen LogP contribution in [-0.2, 0) is 10.2 Å². The lowest BCUT2D eigenvalue weighted by molar-refractivity contribution is -0.124. The molecule has 0 aliphatic carbocycles. The summed E-state index contributed by atoms with van der Waals surface area (Å²) in [5.41, 5.74) is -0.141. The van der Waals surface area contributed by atoms with Gasteiger partial charge >= 0.3 is 5.97 Å². The third-order valence-electron chi connectivity index (χ3n) is 3.04. The summed E-state index contributed by atoms with van der Waals surface area (Å²) < 4.78 is 1.40. The first-order valence-electron chi connectivity index (χ1n) is 7.02. The lowest BCUT2D eigenvalue weighted by Gasteiger charge is -2.23. The van der Waals surface area contributed by atoms with E-state index in [2.05, 4.69) is 15.6 Å².